The molecule has 0 spiro atoms. The highest BCUT2D eigenvalue weighted by Gasteiger charge is 2.21. The van der Waals surface area contributed by atoms with Crippen LogP contribution in [-0.4, -0.2) is 18.4 Å². The Bertz CT molecular complexity index is 786. The van der Waals surface area contributed by atoms with Crippen LogP contribution in [0.15, 0.2) is 36.4 Å². The zero-order chi connectivity index (χ0) is 18.6. The number of hydrogen-bond acceptors (Lipinski definition) is 2. The Morgan fingerprint density at radius 2 is 1.68 bits per heavy atom. The van der Waals surface area contributed by atoms with Crippen LogP contribution in [0.3, 0.4) is 0 Å². The predicted octanol–water partition coefficient (Wildman–Crippen LogP) is 4.86. The van der Waals surface area contributed by atoms with Gasteiger partial charge in [0.2, 0.25) is 11.8 Å². The standard InChI is InChI=1S/C19H20Cl2N2O2/c1-4-14-8-5-7-12(2)18(14)22-17(25)11-23(13(3)24)19-15(20)9-6-10-16(19)21/h5-10H,4,11H2,1-3H3,(H,22,25). The summed E-state index contributed by atoms with van der Waals surface area (Å²) < 4.78 is 0. The van der Waals surface area contributed by atoms with E-state index in [1.807, 2.05) is 32.0 Å². The van der Waals surface area contributed by atoms with Gasteiger partial charge in [0.05, 0.1) is 15.7 Å². The number of nitrogens with zero attached hydrogens (tertiary/aromatic N) is 1. The first-order valence-electron chi connectivity index (χ1n) is 7.95. The number of hydrogen-bond donors (Lipinski definition) is 1. The van der Waals surface area contributed by atoms with Crippen molar-refractivity contribution < 1.29 is 9.59 Å². The van der Waals surface area contributed by atoms with E-state index in [9.17, 15) is 9.59 Å². The smallest absolute Gasteiger partial charge is 0.244 e. The molecule has 6 heteroatoms. The summed E-state index contributed by atoms with van der Waals surface area (Å²) in [4.78, 5) is 25.9. The van der Waals surface area contributed by atoms with Crippen LogP contribution in [0.5, 0.6) is 0 Å². The number of para-hydroxylation sites is 2. The zero-order valence-electron chi connectivity index (χ0n) is 14.4. The molecule has 2 aromatic carbocycles. The maximum Gasteiger partial charge on any atom is 0.244 e. The van der Waals surface area contributed by atoms with Crippen molar-refractivity contribution in [3.63, 3.8) is 0 Å². The van der Waals surface area contributed by atoms with Gasteiger partial charge < -0.3 is 10.2 Å². The van der Waals surface area contributed by atoms with E-state index in [-0.39, 0.29) is 18.4 Å². The summed E-state index contributed by atoms with van der Waals surface area (Å²) in [5.41, 5.74) is 3.13. The Balaban J connectivity index is 2.27. The molecule has 0 atom stereocenters. The number of anilines is 2. The molecule has 0 saturated heterocycles. The summed E-state index contributed by atoms with van der Waals surface area (Å²) in [6, 6.07) is 10.8. The topological polar surface area (TPSA) is 49.4 Å². The second-order valence-electron chi connectivity index (χ2n) is 5.69. The lowest BCUT2D eigenvalue weighted by Gasteiger charge is -2.23. The van der Waals surface area contributed by atoms with Gasteiger partial charge in [-0.1, -0.05) is 54.4 Å². The average Bonchev–Trinajstić information content (AvgIpc) is 2.55. The van der Waals surface area contributed by atoms with Gasteiger partial charge in [-0.2, -0.15) is 0 Å². The first-order valence-corrected chi connectivity index (χ1v) is 8.71. The average molecular weight is 379 g/mol. The van der Waals surface area contributed by atoms with Gasteiger partial charge in [-0.25, -0.2) is 0 Å². The van der Waals surface area contributed by atoms with Gasteiger partial charge in [0, 0.05) is 12.6 Å². The van der Waals surface area contributed by atoms with Crippen molar-refractivity contribution >= 4 is 46.4 Å². The SMILES string of the molecule is CCc1cccc(C)c1NC(=O)CN(C(C)=O)c1c(Cl)cccc1Cl. The number of aryl methyl sites for hydroxylation is 2. The molecular weight excluding hydrogens is 359 g/mol. The van der Waals surface area contributed by atoms with E-state index in [0.717, 1.165) is 23.2 Å². The molecule has 0 unspecified atom stereocenters. The second kappa shape index (κ2) is 8.37. The number of benzene rings is 2. The lowest BCUT2D eigenvalue weighted by Crippen LogP contribution is -2.37. The van der Waals surface area contributed by atoms with Crippen molar-refractivity contribution in [3.05, 3.63) is 57.6 Å². The van der Waals surface area contributed by atoms with Gasteiger partial charge in [-0.05, 0) is 36.6 Å². The molecule has 0 aliphatic carbocycles. The van der Waals surface area contributed by atoms with Gasteiger partial charge in [-0.15, -0.1) is 0 Å². The minimum atomic E-state index is -0.314. The van der Waals surface area contributed by atoms with E-state index >= 15 is 0 Å². The number of carbonyl (C=O) groups is 2. The second-order valence-corrected chi connectivity index (χ2v) is 6.50. The number of halogens is 2. The minimum absolute atomic E-state index is 0.170. The molecular formula is C19H20Cl2N2O2. The van der Waals surface area contributed by atoms with Gasteiger partial charge in [0.15, 0.2) is 0 Å². The molecule has 0 aliphatic heterocycles. The van der Waals surface area contributed by atoms with Gasteiger partial charge in [0.1, 0.15) is 6.54 Å². The summed E-state index contributed by atoms with van der Waals surface area (Å²) >= 11 is 12.3. The molecule has 0 saturated carbocycles. The highest BCUT2D eigenvalue weighted by molar-refractivity contribution is 6.40. The molecule has 2 aromatic rings. The number of amides is 2. The van der Waals surface area contributed by atoms with Crippen LogP contribution >= 0.6 is 23.2 Å². The van der Waals surface area contributed by atoms with Crippen LogP contribution in [0.4, 0.5) is 11.4 Å². The maximum absolute atomic E-state index is 12.6. The van der Waals surface area contributed by atoms with E-state index in [0.29, 0.717) is 15.7 Å². The minimum Gasteiger partial charge on any atom is -0.324 e. The quantitative estimate of drug-likeness (QED) is 0.807. The predicted molar refractivity (Wildman–Crippen MR) is 104 cm³/mol. The fraction of sp³-hybridized carbons (Fsp3) is 0.263. The Morgan fingerprint density at radius 1 is 1.08 bits per heavy atom. The molecule has 0 bridgehead atoms. The van der Waals surface area contributed by atoms with E-state index < -0.39 is 0 Å². The first kappa shape index (κ1) is 19.3. The number of rotatable bonds is 5. The molecule has 25 heavy (non-hydrogen) atoms. The third-order valence-corrected chi connectivity index (χ3v) is 4.50. The molecule has 2 rings (SSSR count). The van der Waals surface area contributed by atoms with Crippen molar-refractivity contribution in [2.24, 2.45) is 0 Å². The molecule has 132 valence electrons. The van der Waals surface area contributed by atoms with Crippen molar-refractivity contribution in [2.75, 3.05) is 16.8 Å². The van der Waals surface area contributed by atoms with Crippen LogP contribution in [0.1, 0.15) is 25.0 Å². The monoisotopic (exact) mass is 378 g/mol. The molecule has 0 radical (unpaired) electrons. The maximum atomic E-state index is 12.6. The molecule has 0 aliphatic rings. The van der Waals surface area contributed by atoms with Crippen molar-refractivity contribution in [1.82, 2.24) is 0 Å². The van der Waals surface area contributed by atoms with Crippen LogP contribution in [-0.2, 0) is 16.0 Å². The lowest BCUT2D eigenvalue weighted by molar-refractivity contribution is -0.120. The molecule has 0 fully saturated rings. The fourth-order valence-corrected chi connectivity index (χ4v) is 3.22. The lowest BCUT2D eigenvalue weighted by atomic mass is 10.1. The largest absolute Gasteiger partial charge is 0.324 e. The van der Waals surface area contributed by atoms with Crippen molar-refractivity contribution in [1.29, 1.82) is 0 Å². The van der Waals surface area contributed by atoms with Gasteiger partial charge in [0.25, 0.3) is 0 Å². The molecule has 0 aromatic heterocycles. The fourth-order valence-electron chi connectivity index (χ4n) is 2.62. The van der Waals surface area contributed by atoms with Gasteiger partial charge >= 0.3 is 0 Å². The number of carbonyl (C=O) groups excluding carboxylic acids is 2. The summed E-state index contributed by atoms with van der Waals surface area (Å²) in [7, 11) is 0. The van der Waals surface area contributed by atoms with E-state index in [1.165, 1.54) is 11.8 Å². The van der Waals surface area contributed by atoms with Crippen LogP contribution in [0, 0.1) is 6.92 Å². The highest BCUT2D eigenvalue weighted by Crippen LogP contribution is 2.33. The van der Waals surface area contributed by atoms with Crippen LogP contribution < -0.4 is 10.2 Å². The first-order chi connectivity index (χ1) is 11.8. The highest BCUT2D eigenvalue weighted by atomic mass is 35.5. The molecule has 2 amide bonds. The van der Waals surface area contributed by atoms with Crippen molar-refractivity contribution in [2.45, 2.75) is 27.2 Å². The Morgan fingerprint density at radius 3 is 2.24 bits per heavy atom. The zero-order valence-corrected chi connectivity index (χ0v) is 15.9. The third-order valence-electron chi connectivity index (χ3n) is 3.89. The Labute approximate surface area is 157 Å². The summed E-state index contributed by atoms with van der Waals surface area (Å²) in [6.07, 6.45) is 0.796. The Hall–Kier alpha value is -2.04. The molecule has 0 heterocycles. The molecule has 1 N–H and O–H groups in total. The van der Waals surface area contributed by atoms with E-state index in [2.05, 4.69) is 5.32 Å². The summed E-state index contributed by atoms with van der Waals surface area (Å²) in [6.45, 7) is 5.16. The normalized spacial score (nSPS) is 10.4. The summed E-state index contributed by atoms with van der Waals surface area (Å²) in [5.74, 6) is -0.624. The molecule has 4 nitrogen and oxygen atoms in total. The van der Waals surface area contributed by atoms with Crippen LogP contribution in [0.25, 0.3) is 0 Å². The van der Waals surface area contributed by atoms with Crippen LogP contribution in [0.2, 0.25) is 10.0 Å². The number of nitrogens with one attached hydrogen (secondary N) is 1. The Kier molecular flexibility index (Phi) is 6.45. The van der Waals surface area contributed by atoms with E-state index in [4.69, 9.17) is 23.2 Å². The van der Waals surface area contributed by atoms with Gasteiger partial charge in [-0.3, -0.25) is 9.59 Å². The van der Waals surface area contributed by atoms with Crippen molar-refractivity contribution in [3.8, 4) is 0 Å². The third kappa shape index (κ3) is 4.53. The van der Waals surface area contributed by atoms with E-state index in [1.54, 1.807) is 18.2 Å². The summed E-state index contributed by atoms with van der Waals surface area (Å²) in [5, 5.41) is 3.54.